The third-order valence-corrected chi connectivity index (χ3v) is 0. The Morgan fingerprint density at radius 1 is 1.25 bits per heavy atom. The fourth-order valence-electron chi connectivity index (χ4n) is 0. The van der Waals surface area contributed by atoms with Gasteiger partial charge in [0.25, 0.3) is 0 Å². The van der Waals surface area contributed by atoms with Crippen LogP contribution in [0.15, 0.2) is 0 Å². The molecule has 0 heterocycles. The van der Waals surface area contributed by atoms with Crippen LogP contribution < -0.4 is 51.4 Å². The molecule has 19 valence electrons. The van der Waals surface area contributed by atoms with Crippen LogP contribution in [0.3, 0.4) is 0 Å². The van der Waals surface area contributed by atoms with Gasteiger partial charge in [-0.1, -0.05) is 0 Å². The Hall–Kier alpha value is 3.45. The number of rotatable bonds is 0. The molecule has 0 aromatic carbocycles. The normalized spacial score (nSPS) is 0. The zero-order chi connectivity index (χ0) is 0. The van der Waals surface area contributed by atoms with E-state index in [0.717, 1.165) is 0 Å². The van der Waals surface area contributed by atoms with Crippen molar-refractivity contribution in [3.63, 3.8) is 0 Å². The SMILES string of the molecule is P.[H-].[K+].[Sn].[V]. The maximum atomic E-state index is 0. The summed E-state index contributed by atoms with van der Waals surface area (Å²) in [6.45, 7) is 0. The van der Waals surface area contributed by atoms with Gasteiger partial charge in [0.2, 0.25) is 0 Å². The van der Waals surface area contributed by atoms with Crippen LogP contribution in [0.2, 0.25) is 0 Å². The van der Waals surface area contributed by atoms with Crippen LogP contribution in [0.4, 0.5) is 0 Å². The van der Waals surface area contributed by atoms with Crippen LogP contribution in [-0.4, -0.2) is 23.9 Å². The molecule has 0 saturated heterocycles. The summed E-state index contributed by atoms with van der Waals surface area (Å²) in [4.78, 5) is 0. The Kier molecular flexibility index (Phi) is 105. The van der Waals surface area contributed by atoms with Crippen LogP contribution in [-0.2, 0) is 18.6 Å². The first-order valence-electron chi connectivity index (χ1n) is 0. The molecule has 0 spiro atoms. The van der Waals surface area contributed by atoms with Gasteiger partial charge in [0, 0.05) is 42.5 Å². The smallest absolute Gasteiger partial charge is 1.00 e. The average Bonchev–Trinajstić information content (AvgIpc) is 0. The molecule has 0 nitrogen and oxygen atoms in total. The number of hydrogen-bond acceptors (Lipinski definition) is 0. The molecule has 0 aliphatic carbocycles. The molecule has 0 aliphatic heterocycles. The maximum Gasteiger partial charge on any atom is 1.00 e. The second kappa shape index (κ2) is 16.1. The first-order chi connectivity index (χ1) is 0. The Balaban J connectivity index is 0. The van der Waals surface area contributed by atoms with Crippen LogP contribution in [0.5, 0.6) is 0 Å². The van der Waals surface area contributed by atoms with Crippen molar-refractivity contribution in [3.05, 3.63) is 0 Å². The fraction of sp³-hybridized carbons (Fsp3) is 0. The van der Waals surface area contributed by atoms with Crippen LogP contribution in [0.25, 0.3) is 0 Å². The zero-order valence-corrected chi connectivity index (χ0v) is 11.4. The molecule has 0 amide bonds. The third-order valence-electron chi connectivity index (χ3n) is 0. The van der Waals surface area contributed by atoms with Gasteiger partial charge in [0.15, 0.2) is 0 Å². The molecular formula is H4KPSnV. The van der Waals surface area contributed by atoms with Crippen LogP contribution >= 0.6 is 9.90 Å². The third kappa shape index (κ3) is 9.07. The first kappa shape index (κ1) is 26.0. The molecule has 5 radical (unpaired) electrons. The summed E-state index contributed by atoms with van der Waals surface area (Å²) in [6.07, 6.45) is 0. The minimum atomic E-state index is 0. The molecule has 0 aromatic heterocycles. The van der Waals surface area contributed by atoms with E-state index in [2.05, 4.69) is 0 Å². The molecule has 0 aliphatic rings. The largest absolute Gasteiger partial charge is 1.00 e. The standard InChI is InChI=1S/K.H3P.Sn.V.H/h;1H3;;;/q+1;;;;-1. The minimum Gasteiger partial charge on any atom is -1.00 e. The summed E-state index contributed by atoms with van der Waals surface area (Å²) in [6, 6.07) is 0. The molecule has 4 heteroatoms. The van der Waals surface area contributed by atoms with E-state index in [1.165, 1.54) is 0 Å². The van der Waals surface area contributed by atoms with Crippen LogP contribution in [0, 0.1) is 0 Å². The Labute approximate surface area is 103 Å². The van der Waals surface area contributed by atoms with Gasteiger partial charge in [-0.05, 0) is 0 Å². The topological polar surface area (TPSA) is 0 Å². The van der Waals surface area contributed by atoms with E-state index < -0.39 is 0 Å². The molecule has 0 bridgehead atoms. The van der Waals surface area contributed by atoms with E-state index in [-0.39, 0.29) is 105 Å². The molecule has 4 heavy (non-hydrogen) atoms. The van der Waals surface area contributed by atoms with Crippen molar-refractivity contribution in [1.29, 1.82) is 0 Å². The minimum absolute atomic E-state index is 0. The quantitative estimate of drug-likeness (QED) is 0.311. The molecule has 0 rings (SSSR count). The van der Waals surface area contributed by atoms with E-state index in [4.69, 9.17) is 0 Å². The van der Waals surface area contributed by atoms with Crippen molar-refractivity contribution in [2.45, 2.75) is 0 Å². The van der Waals surface area contributed by atoms with Gasteiger partial charge in [-0.3, -0.25) is 0 Å². The molecule has 1 unspecified atom stereocenters. The molecule has 0 aromatic rings. The predicted octanol–water partition coefficient (Wildman–Crippen LogP) is -3.21. The van der Waals surface area contributed by atoms with Crippen molar-refractivity contribution in [1.82, 2.24) is 0 Å². The van der Waals surface area contributed by atoms with Gasteiger partial charge in [0.1, 0.15) is 0 Å². The molecular weight excluding hydrogens is 240 g/mol. The van der Waals surface area contributed by atoms with Crippen molar-refractivity contribution in [2.75, 3.05) is 0 Å². The maximum absolute atomic E-state index is 0. The van der Waals surface area contributed by atoms with Crippen molar-refractivity contribution in [3.8, 4) is 0 Å². The zero-order valence-electron chi connectivity index (χ0n) is 3.65. The summed E-state index contributed by atoms with van der Waals surface area (Å²) in [5.74, 6) is 0. The van der Waals surface area contributed by atoms with Gasteiger partial charge in [-0.15, -0.1) is 0 Å². The number of hydrogen-bond donors (Lipinski definition) is 0. The van der Waals surface area contributed by atoms with E-state index >= 15 is 0 Å². The van der Waals surface area contributed by atoms with Gasteiger partial charge >= 0.3 is 51.4 Å². The summed E-state index contributed by atoms with van der Waals surface area (Å²) in [5, 5.41) is 0. The predicted molar refractivity (Wildman–Crippen MR) is 18.0 cm³/mol. The summed E-state index contributed by atoms with van der Waals surface area (Å²) in [7, 11) is 0. The summed E-state index contributed by atoms with van der Waals surface area (Å²) in [5.41, 5.74) is 0. The Morgan fingerprint density at radius 2 is 1.25 bits per heavy atom. The van der Waals surface area contributed by atoms with Gasteiger partial charge in [-0.25, -0.2) is 0 Å². The van der Waals surface area contributed by atoms with Crippen LogP contribution in [0.1, 0.15) is 1.43 Å². The van der Waals surface area contributed by atoms with Gasteiger partial charge in [0.05, 0.1) is 0 Å². The molecule has 1 atom stereocenters. The summed E-state index contributed by atoms with van der Waals surface area (Å²) < 4.78 is 0. The Morgan fingerprint density at radius 3 is 1.25 bits per heavy atom. The van der Waals surface area contributed by atoms with E-state index in [1.54, 1.807) is 0 Å². The second-order valence-electron chi connectivity index (χ2n) is 0. The average molecular weight is 244 g/mol. The van der Waals surface area contributed by atoms with E-state index in [1.807, 2.05) is 0 Å². The van der Waals surface area contributed by atoms with Gasteiger partial charge < -0.3 is 1.43 Å². The molecule has 0 saturated carbocycles. The Bertz CT molecular complexity index is 11.6. The summed E-state index contributed by atoms with van der Waals surface area (Å²) >= 11 is 0. The first-order valence-corrected chi connectivity index (χ1v) is 0. The molecule has 0 fully saturated rings. The second-order valence-corrected chi connectivity index (χ2v) is 0. The van der Waals surface area contributed by atoms with Gasteiger partial charge in [-0.2, -0.15) is 9.90 Å². The van der Waals surface area contributed by atoms with Crippen molar-refractivity contribution < 1.29 is 71.4 Å². The fourth-order valence-corrected chi connectivity index (χ4v) is 0. The van der Waals surface area contributed by atoms with Crippen molar-refractivity contribution >= 4 is 33.8 Å². The van der Waals surface area contributed by atoms with Crippen molar-refractivity contribution in [2.24, 2.45) is 0 Å². The van der Waals surface area contributed by atoms with E-state index in [9.17, 15) is 0 Å². The van der Waals surface area contributed by atoms with E-state index in [0.29, 0.717) is 0 Å². The molecule has 0 N–H and O–H groups in total. The monoisotopic (exact) mass is 245 g/mol.